The monoisotopic (exact) mass is 309 g/mol. The van der Waals surface area contributed by atoms with E-state index >= 15 is 0 Å². The van der Waals surface area contributed by atoms with Crippen LogP contribution in [0.5, 0.6) is 11.5 Å². The third kappa shape index (κ3) is 2.66. The maximum Gasteiger partial charge on any atom is 0.248 e. The summed E-state index contributed by atoms with van der Waals surface area (Å²) in [5.41, 5.74) is 7.97. The van der Waals surface area contributed by atoms with Gasteiger partial charge in [-0.25, -0.2) is 9.97 Å². The summed E-state index contributed by atoms with van der Waals surface area (Å²) in [5, 5.41) is 0.798. The second-order valence-corrected chi connectivity index (χ2v) is 4.89. The van der Waals surface area contributed by atoms with Crippen LogP contribution in [0, 0.1) is 0 Å². The number of nitrogens with zero attached hydrogens (tertiary/aromatic N) is 2. The Labute approximate surface area is 132 Å². The van der Waals surface area contributed by atoms with E-state index in [0.29, 0.717) is 22.8 Å². The number of fused-ring (bicyclic) bond motifs is 1. The fourth-order valence-electron chi connectivity index (χ4n) is 2.43. The maximum absolute atomic E-state index is 11.4. The molecule has 0 aliphatic rings. The van der Waals surface area contributed by atoms with Crippen molar-refractivity contribution in [3.63, 3.8) is 0 Å². The first-order chi connectivity index (χ1) is 11.1. The number of methoxy groups -OCH3 is 2. The van der Waals surface area contributed by atoms with Gasteiger partial charge in [0.25, 0.3) is 0 Å². The third-order valence-electron chi connectivity index (χ3n) is 3.56. The number of aromatic nitrogens is 2. The van der Waals surface area contributed by atoms with Crippen LogP contribution in [-0.2, 0) is 0 Å². The van der Waals surface area contributed by atoms with Gasteiger partial charge in [0, 0.05) is 22.6 Å². The van der Waals surface area contributed by atoms with E-state index in [-0.39, 0.29) is 0 Å². The van der Waals surface area contributed by atoms with Gasteiger partial charge in [-0.1, -0.05) is 12.1 Å². The Morgan fingerprint density at radius 3 is 2.48 bits per heavy atom. The van der Waals surface area contributed by atoms with Crippen molar-refractivity contribution in [3.8, 4) is 22.8 Å². The summed E-state index contributed by atoms with van der Waals surface area (Å²) in [5.74, 6) is 0.696. The Hall–Kier alpha value is -3.15. The van der Waals surface area contributed by atoms with Crippen molar-refractivity contribution in [3.05, 3.63) is 48.3 Å². The molecule has 1 amide bonds. The molecule has 6 nitrogen and oxygen atoms in total. The minimum absolute atomic E-state index is 0.426. The average molecular weight is 309 g/mol. The van der Waals surface area contributed by atoms with Gasteiger partial charge in [-0.15, -0.1) is 0 Å². The van der Waals surface area contributed by atoms with Crippen LogP contribution in [0.3, 0.4) is 0 Å². The van der Waals surface area contributed by atoms with E-state index in [1.165, 1.54) is 6.33 Å². The Kier molecular flexibility index (Phi) is 3.80. The molecule has 0 saturated carbocycles. The molecule has 2 N–H and O–H groups in total. The third-order valence-corrected chi connectivity index (χ3v) is 3.56. The van der Waals surface area contributed by atoms with Gasteiger partial charge in [0.05, 0.1) is 25.4 Å². The number of carbonyl (C=O) groups is 1. The minimum Gasteiger partial charge on any atom is -0.493 e. The van der Waals surface area contributed by atoms with Gasteiger partial charge in [-0.3, -0.25) is 4.79 Å². The molecule has 3 aromatic rings. The standard InChI is InChI=1S/C17H15N3O3/c1-22-14-7-12-13(8-15(14)23-2)19-9-20-16(12)10-4-3-5-11(6-10)17(18)21/h3-9H,1-2H3,(H2,18,21). The molecule has 3 rings (SSSR count). The lowest BCUT2D eigenvalue weighted by Crippen LogP contribution is -2.10. The lowest BCUT2D eigenvalue weighted by atomic mass is 10.0. The zero-order chi connectivity index (χ0) is 16.4. The zero-order valence-corrected chi connectivity index (χ0v) is 12.7. The highest BCUT2D eigenvalue weighted by Gasteiger charge is 2.13. The van der Waals surface area contributed by atoms with E-state index in [0.717, 1.165) is 16.5 Å². The molecule has 23 heavy (non-hydrogen) atoms. The van der Waals surface area contributed by atoms with E-state index in [1.54, 1.807) is 38.5 Å². The number of benzene rings is 2. The van der Waals surface area contributed by atoms with Gasteiger partial charge in [-0.2, -0.15) is 0 Å². The summed E-state index contributed by atoms with van der Waals surface area (Å²) >= 11 is 0. The quantitative estimate of drug-likeness (QED) is 0.799. The highest BCUT2D eigenvalue weighted by molar-refractivity contribution is 5.97. The van der Waals surface area contributed by atoms with E-state index in [2.05, 4.69) is 9.97 Å². The van der Waals surface area contributed by atoms with Crippen molar-refractivity contribution in [2.24, 2.45) is 5.73 Å². The molecule has 0 spiro atoms. The SMILES string of the molecule is COc1cc2ncnc(-c3cccc(C(N)=O)c3)c2cc1OC. The second-order valence-electron chi connectivity index (χ2n) is 4.89. The number of carbonyl (C=O) groups excluding carboxylic acids is 1. The number of hydrogen-bond acceptors (Lipinski definition) is 5. The summed E-state index contributed by atoms with van der Waals surface area (Å²) in [4.78, 5) is 20.0. The van der Waals surface area contributed by atoms with E-state index in [1.807, 2.05) is 12.1 Å². The van der Waals surface area contributed by atoms with Gasteiger partial charge < -0.3 is 15.2 Å². The van der Waals surface area contributed by atoms with Crippen molar-refractivity contribution >= 4 is 16.8 Å². The molecule has 0 radical (unpaired) electrons. The molecule has 0 bridgehead atoms. The topological polar surface area (TPSA) is 87.3 Å². The van der Waals surface area contributed by atoms with Crippen LogP contribution in [0.25, 0.3) is 22.2 Å². The lowest BCUT2D eigenvalue weighted by Gasteiger charge is -2.11. The number of amides is 1. The van der Waals surface area contributed by atoms with Crippen molar-refractivity contribution in [2.45, 2.75) is 0 Å². The van der Waals surface area contributed by atoms with Crippen LogP contribution in [0.1, 0.15) is 10.4 Å². The van der Waals surface area contributed by atoms with E-state index in [4.69, 9.17) is 15.2 Å². The summed E-state index contributed by atoms with van der Waals surface area (Å²) in [6.07, 6.45) is 1.47. The highest BCUT2D eigenvalue weighted by atomic mass is 16.5. The predicted octanol–water partition coefficient (Wildman–Crippen LogP) is 2.41. The van der Waals surface area contributed by atoms with Gasteiger partial charge in [0.1, 0.15) is 6.33 Å². The molecular weight excluding hydrogens is 294 g/mol. The lowest BCUT2D eigenvalue weighted by molar-refractivity contribution is 0.100. The molecule has 1 aromatic heterocycles. The van der Waals surface area contributed by atoms with E-state index in [9.17, 15) is 4.79 Å². The van der Waals surface area contributed by atoms with Crippen LogP contribution in [0.2, 0.25) is 0 Å². The first-order valence-electron chi connectivity index (χ1n) is 6.91. The minimum atomic E-state index is -0.482. The molecule has 1 heterocycles. The second kappa shape index (κ2) is 5.92. The molecule has 0 saturated heterocycles. The summed E-state index contributed by atoms with van der Waals surface area (Å²) in [6.45, 7) is 0. The van der Waals surface area contributed by atoms with Crippen LogP contribution in [0.4, 0.5) is 0 Å². The molecule has 2 aromatic carbocycles. The molecule has 0 fully saturated rings. The zero-order valence-electron chi connectivity index (χ0n) is 12.7. The number of rotatable bonds is 4. The van der Waals surface area contributed by atoms with Gasteiger partial charge in [-0.05, 0) is 18.2 Å². The Bertz CT molecular complexity index is 893. The Morgan fingerprint density at radius 1 is 1.04 bits per heavy atom. The van der Waals surface area contributed by atoms with Crippen LogP contribution in [0.15, 0.2) is 42.7 Å². The summed E-state index contributed by atoms with van der Waals surface area (Å²) in [6, 6.07) is 10.6. The molecule has 0 unspecified atom stereocenters. The first-order valence-corrected chi connectivity index (χ1v) is 6.91. The molecule has 116 valence electrons. The largest absolute Gasteiger partial charge is 0.493 e. The fourth-order valence-corrected chi connectivity index (χ4v) is 2.43. The Morgan fingerprint density at radius 2 is 1.78 bits per heavy atom. The van der Waals surface area contributed by atoms with Crippen LogP contribution < -0.4 is 15.2 Å². The number of nitrogens with two attached hydrogens (primary N) is 1. The van der Waals surface area contributed by atoms with Crippen molar-refractivity contribution in [1.82, 2.24) is 9.97 Å². The van der Waals surface area contributed by atoms with Crippen LogP contribution in [-0.4, -0.2) is 30.1 Å². The van der Waals surface area contributed by atoms with Crippen molar-refractivity contribution in [1.29, 1.82) is 0 Å². The molecule has 0 aliphatic heterocycles. The molecular formula is C17H15N3O3. The average Bonchev–Trinajstić information content (AvgIpc) is 2.59. The number of hydrogen-bond donors (Lipinski definition) is 1. The number of primary amides is 1. The predicted molar refractivity (Wildman–Crippen MR) is 86.6 cm³/mol. The van der Waals surface area contributed by atoms with Gasteiger partial charge >= 0.3 is 0 Å². The normalized spacial score (nSPS) is 10.5. The van der Waals surface area contributed by atoms with Crippen molar-refractivity contribution < 1.29 is 14.3 Å². The number of ether oxygens (including phenoxy) is 2. The maximum atomic E-state index is 11.4. The Balaban J connectivity index is 2.25. The van der Waals surface area contributed by atoms with Gasteiger partial charge in [0.2, 0.25) is 5.91 Å². The smallest absolute Gasteiger partial charge is 0.248 e. The van der Waals surface area contributed by atoms with E-state index < -0.39 is 5.91 Å². The van der Waals surface area contributed by atoms with Crippen molar-refractivity contribution in [2.75, 3.05) is 14.2 Å². The fraction of sp³-hybridized carbons (Fsp3) is 0.118. The molecule has 0 atom stereocenters. The summed E-state index contributed by atoms with van der Waals surface area (Å²) in [7, 11) is 3.14. The summed E-state index contributed by atoms with van der Waals surface area (Å²) < 4.78 is 10.6. The molecule has 6 heteroatoms. The van der Waals surface area contributed by atoms with Crippen LogP contribution >= 0.6 is 0 Å². The van der Waals surface area contributed by atoms with Gasteiger partial charge in [0.15, 0.2) is 11.5 Å². The highest BCUT2D eigenvalue weighted by Crippen LogP contribution is 2.35. The first kappa shape index (κ1) is 14.8. The molecule has 0 aliphatic carbocycles.